The Morgan fingerprint density at radius 2 is 1.85 bits per heavy atom. The van der Waals surface area contributed by atoms with Crippen LogP contribution in [0.15, 0.2) is 30.3 Å². The monoisotopic (exact) mass is 275 g/mol. The van der Waals surface area contributed by atoms with Crippen LogP contribution in [0.2, 0.25) is 0 Å². The van der Waals surface area contributed by atoms with Crippen LogP contribution >= 0.6 is 0 Å². The van der Waals surface area contributed by atoms with E-state index in [-0.39, 0.29) is 5.97 Å². The number of allylic oxidation sites excluding steroid dienone is 1. The van der Waals surface area contributed by atoms with Gasteiger partial charge in [0.1, 0.15) is 0 Å². The topological polar surface area (TPSA) is 29.5 Å². The number of carbonyl (C=O) groups is 1. The van der Waals surface area contributed by atoms with E-state index in [1.807, 2.05) is 12.1 Å². The van der Waals surface area contributed by atoms with E-state index in [0.29, 0.717) is 5.56 Å². The molecule has 20 heavy (non-hydrogen) atoms. The Bertz CT molecular complexity index is 421. The van der Waals surface area contributed by atoms with Gasteiger partial charge in [-0.25, -0.2) is 4.79 Å². The van der Waals surface area contributed by atoms with Crippen molar-refractivity contribution in [1.29, 1.82) is 0 Å². The minimum absolute atomic E-state index is 0.290. The van der Waals surface area contributed by atoms with Crippen LogP contribution in [0.5, 0.6) is 0 Å². The van der Waals surface area contributed by atoms with Gasteiger partial charge in [-0.3, -0.25) is 0 Å². The van der Waals surface area contributed by atoms with Crippen LogP contribution < -0.4 is 0 Å². The van der Waals surface area contributed by atoms with Gasteiger partial charge in [-0.2, -0.15) is 0 Å². The first kappa shape index (κ1) is 16.4. The molecule has 0 radical (unpaired) electrons. The van der Waals surface area contributed by atoms with E-state index >= 15 is 0 Å². The predicted octanol–water partition coefficient (Wildman–Crippen LogP) is 3.61. The number of hydrogen-bond acceptors (Lipinski definition) is 3. The first-order chi connectivity index (χ1) is 9.63. The fraction of sp³-hybridized carbons (Fsp3) is 0.471. The summed E-state index contributed by atoms with van der Waals surface area (Å²) in [5.41, 5.74) is 1.71. The van der Waals surface area contributed by atoms with Crippen molar-refractivity contribution in [1.82, 2.24) is 4.90 Å². The lowest BCUT2D eigenvalue weighted by atomic mass is 10.1. The Labute approximate surface area is 122 Å². The molecule has 1 aromatic rings. The van der Waals surface area contributed by atoms with Gasteiger partial charge in [0.15, 0.2) is 0 Å². The summed E-state index contributed by atoms with van der Waals surface area (Å²) in [6.45, 7) is 1.17. The molecule has 3 heteroatoms. The highest BCUT2D eigenvalue weighted by molar-refractivity contribution is 5.89. The maximum Gasteiger partial charge on any atom is 0.337 e. The standard InChI is InChI=1S/C17H25NO2/c1-18(2)14-8-6-4-5-7-9-15-10-12-16(13-11-15)17(19)20-3/h7,9-13H,4-6,8,14H2,1-3H3. The average molecular weight is 275 g/mol. The number of benzene rings is 1. The molecule has 0 saturated heterocycles. The summed E-state index contributed by atoms with van der Waals surface area (Å²) in [4.78, 5) is 13.5. The van der Waals surface area contributed by atoms with Crippen molar-refractivity contribution in [3.63, 3.8) is 0 Å². The molecular weight excluding hydrogens is 250 g/mol. The molecule has 0 bridgehead atoms. The van der Waals surface area contributed by atoms with E-state index < -0.39 is 0 Å². The molecule has 0 aliphatic heterocycles. The van der Waals surface area contributed by atoms with Gasteiger partial charge < -0.3 is 9.64 Å². The molecule has 0 atom stereocenters. The fourth-order valence-electron chi connectivity index (χ4n) is 1.93. The van der Waals surface area contributed by atoms with E-state index in [9.17, 15) is 4.79 Å². The predicted molar refractivity (Wildman–Crippen MR) is 83.8 cm³/mol. The molecule has 0 heterocycles. The van der Waals surface area contributed by atoms with Crippen molar-refractivity contribution in [3.05, 3.63) is 41.5 Å². The van der Waals surface area contributed by atoms with Crippen LogP contribution in [0.3, 0.4) is 0 Å². The third-order valence-electron chi connectivity index (χ3n) is 3.12. The number of rotatable bonds is 8. The number of carbonyl (C=O) groups excluding carboxylic acids is 1. The number of hydrogen-bond donors (Lipinski definition) is 0. The second-order valence-electron chi connectivity index (χ2n) is 5.17. The van der Waals surface area contributed by atoms with Crippen molar-refractivity contribution >= 4 is 12.0 Å². The minimum atomic E-state index is -0.290. The first-order valence-corrected chi connectivity index (χ1v) is 7.13. The fourth-order valence-corrected chi connectivity index (χ4v) is 1.93. The zero-order chi connectivity index (χ0) is 14.8. The van der Waals surface area contributed by atoms with Crippen LogP contribution in [0.1, 0.15) is 41.6 Å². The normalized spacial score (nSPS) is 11.2. The molecule has 0 N–H and O–H groups in total. The summed E-state index contributed by atoms with van der Waals surface area (Å²) in [6, 6.07) is 7.47. The molecule has 0 aromatic heterocycles. The van der Waals surface area contributed by atoms with Crippen LogP contribution in [0.25, 0.3) is 6.08 Å². The van der Waals surface area contributed by atoms with E-state index in [1.54, 1.807) is 12.1 Å². The highest BCUT2D eigenvalue weighted by Crippen LogP contribution is 2.09. The Balaban J connectivity index is 2.27. The third-order valence-corrected chi connectivity index (χ3v) is 3.12. The summed E-state index contributed by atoms with van der Waals surface area (Å²) >= 11 is 0. The van der Waals surface area contributed by atoms with Crippen LogP contribution in [0.4, 0.5) is 0 Å². The summed E-state index contributed by atoms with van der Waals surface area (Å²) in [6.07, 6.45) is 9.16. The molecule has 0 unspecified atom stereocenters. The summed E-state index contributed by atoms with van der Waals surface area (Å²) in [7, 11) is 5.61. The Morgan fingerprint density at radius 1 is 1.15 bits per heavy atom. The molecule has 0 saturated carbocycles. The van der Waals surface area contributed by atoms with Gasteiger partial charge in [0, 0.05) is 0 Å². The lowest BCUT2D eigenvalue weighted by Crippen LogP contribution is -2.12. The van der Waals surface area contributed by atoms with Gasteiger partial charge in [-0.05, 0) is 57.6 Å². The molecule has 0 spiro atoms. The third kappa shape index (κ3) is 6.53. The van der Waals surface area contributed by atoms with Gasteiger partial charge >= 0.3 is 5.97 Å². The summed E-state index contributed by atoms with van der Waals surface area (Å²) in [5.74, 6) is -0.290. The largest absolute Gasteiger partial charge is 0.465 e. The number of ether oxygens (including phenoxy) is 1. The maximum atomic E-state index is 11.3. The second kappa shape index (κ2) is 9.32. The van der Waals surface area contributed by atoms with Gasteiger partial charge in [0.25, 0.3) is 0 Å². The molecule has 0 aliphatic carbocycles. The van der Waals surface area contributed by atoms with Crippen LogP contribution in [-0.4, -0.2) is 38.6 Å². The lowest BCUT2D eigenvalue weighted by Gasteiger charge is -2.07. The van der Waals surface area contributed by atoms with Crippen LogP contribution in [-0.2, 0) is 4.74 Å². The molecular formula is C17H25NO2. The van der Waals surface area contributed by atoms with Gasteiger partial charge in [0.2, 0.25) is 0 Å². The highest BCUT2D eigenvalue weighted by Gasteiger charge is 2.02. The number of methoxy groups -OCH3 is 1. The van der Waals surface area contributed by atoms with E-state index in [4.69, 9.17) is 0 Å². The Hall–Kier alpha value is -1.61. The zero-order valence-corrected chi connectivity index (χ0v) is 12.8. The highest BCUT2D eigenvalue weighted by atomic mass is 16.5. The summed E-state index contributed by atoms with van der Waals surface area (Å²) in [5, 5.41) is 0. The van der Waals surface area contributed by atoms with Crippen molar-refractivity contribution in [2.75, 3.05) is 27.7 Å². The van der Waals surface area contributed by atoms with Crippen molar-refractivity contribution in [2.45, 2.75) is 25.7 Å². The smallest absolute Gasteiger partial charge is 0.337 e. The second-order valence-corrected chi connectivity index (χ2v) is 5.17. The molecule has 1 aromatic carbocycles. The van der Waals surface area contributed by atoms with Crippen molar-refractivity contribution in [2.24, 2.45) is 0 Å². The minimum Gasteiger partial charge on any atom is -0.465 e. The maximum absolute atomic E-state index is 11.3. The van der Waals surface area contributed by atoms with Gasteiger partial charge in [0.05, 0.1) is 12.7 Å². The van der Waals surface area contributed by atoms with Crippen molar-refractivity contribution in [3.8, 4) is 0 Å². The SMILES string of the molecule is COC(=O)c1ccc(C=CCCCCCN(C)C)cc1. The van der Waals surface area contributed by atoms with Crippen molar-refractivity contribution < 1.29 is 9.53 Å². The summed E-state index contributed by atoms with van der Waals surface area (Å²) < 4.78 is 4.67. The number of unbranched alkanes of at least 4 members (excludes halogenated alkanes) is 3. The quantitative estimate of drug-likeness (QED) is 0.536. The Morgan fingerprint density at radius 3 is 2.45 bits per heavy atom. The number of nitrogens with zero attached hydrogens (tertiary/aromatic N) is 1. The van der Waals surface area contributed by atoms with Gasteiger partial charge in [-0.15, -0.1) is 0 Å². The first-order valence-electron chi connectivity index (χ1n) is 7.13. The average Bonchev–Trinajstić information content (AvgIpc) is 2.45. The molecule has 0 aliphatic rings. The molecule has 0 amide bonds. The lowest BCUT2D eigenvalue weighted by molar-refractivity contribution is 0.0601. The molecule has 110 valence electrons. The zero-order valence-electron chi connectivity index (χ0n) is 12.8. The van der Waals surface area contributed by atoms with E-state index in [1.165, 1.54) is 32.9 Å². The van der Waals surface area contributed by atoms with E-state index in [0.717, 1.165) is 12.0 Å². The molecule has 1 rings (SSSR count). The number of esters is 1. The van der Waals surface area contributed by atoms with Gasteiger partial charge in [-0.1, -0.05) is 30.7 Å². The Kier molecular flexibility index (Phi) is 7.66. The van der Waals surface area contributed by atoms with Crippen LogP contribution in [0, 0.1) is 0 Å². The van der Waals surface area contributed by atoms with E-state index in [2.05, 4.69) is 35.9 Å². The molecule has 0 fully saturated rings. The molecule has 3 nitrogen and oxygen atoms in total.